The highest BCUT2D eigenvalue weighted by Gasteiger charge is 2.25. The lowest BCUT2D eigenvalue weighted by Gasteiger charge is -2.34. The van der Waals surface area contributed by atoms with Crippen molar-refractivity contribution < 1.29 is 19.5 Å². The standard InChI is InChI=1S/C17H19N3O4S/c21-15(22)5-6-18-17(24)20-9-7-19(8-10-20)16(23)14-11-12-3-1-2-4-13(12)25-14/h1-4,11H,5-10H2,(H,18,24)(H,21,22). The van der Waals surface area contributed by atoms with Crippen LogP contribution in [-0.2, 0) is 4.79 Å². The molecule has 25 heavy (non-hydrogen) atoms. The van der Waals surface area contributed by atoms with Gasteiger partial charge in [-0.25, -0.2) is 4.79 Å². The summed E-state index contributed by atoms with van der Waals surface area (Å²) in [6.07, 6.45) is -0.101. The molecule has 1 aromatic heterocycles. The Hall–Kier alpha value is -2.61. The number of nitrogens with one attached hydrogen (secondary N) is 1. The highest BCUT2D eigenvalue weighted by molar-refractivity contribution is 7.20. The van der Waals surface area contributed by atoms with Gasteiger partial charge in [-0.05, 0) is 17.5 Å². The van der Waals surface area contributed by atoms with E-state index in [1.807, 2.05) is 30.3 Å². The summed E-state index contributed by atoms with van der Waals surface area (Å²) >= 11 is 1.48. The Balaban J connectivity index is 1.53. The molecular weight excluding hydrogens is 342 g/mol. The van der Waals surface area contributed by atoms with Crippen LogP contribution in [0, 0.1) is 0 Å². The van der Waals surface area contributed by atoms with Gasteiger partial charge in [0.1, 0.15) is 0 Å². The highest BCUT2D eigenvalue weighted by Crippen LogP contribution is 2.26. The maximum atomic E-state index is 12.6. The molecule has 7 nitrogen and oxygen atoms in total. The summed E-state index contributed by atoms with van der Waals surface area (Å²) in [5, 5.41) is 12.2. The number of carbonyl (C=O) groups excluding carboxylic acids is 2. The second-order valence-electron chi connectivity index (χ2n) is 5.80. The molecule has 0 unspecified atom stereocenters. The number of benzene rings is 1. The van der Waals surface area contributed by atoms with Gasteiger partial charge in [0.25, 0.3) is 5.91 Å². The maximum absolute atomic E-state index is 12.6. The van der Waals surface area contributed by atoms with E-state index in [2.05, 4.69) is 5.32 Å². The average molecular weight is 361 g/mol. The van der Waals surface area contributed by atoms with Crippen LogP contribution >= 0.6 is 11.3 Å². The van der Waals surface area contributed by atoms with Crippen molar-refractivity contribution in [2.45, 2.75) is 6.42 Å². The van der Waals surface area contributed by atoms with Crippen molar-refractivity contribution in [2.24, 2.45) is 0 Å². The van der Waals surface area contributed by atoms with Gasteiger partial charge in [0.2, 0.25) is 0 Å². The Labute approximate surface area is 148 Å². The van der Waals surface area contributed by atoms with Crippen LogP contribution in [0.2, 0.25) is 0 Å². The predicted molar refractivity (Wildman–Crippen MR) is 95.0 cm³/mol. The van der Waals surface area contributed by atoms with Gasteiger partial charge in [-0.15, -0.1) is 11.3 Å². The minimum atomic E-state index is -0.945. The molecular formula is C17H19N3O4S. The first-order chi connectivity index (χ1) is 12.0. The van der Waals surface area contributed by atoms with Crippen LogP contribution in [0.4, 0.5) is 4.79 Å². The van der Waals surface area contributed by atoms with E-state index < -0.39 is 5.97 Å². The van der Waals surface area contributed by atoms with Crippen LogP contribution in [0.15, 0.2) is 30.3 Å². The molecule has 1 aliphatic rings. The van der Waals surface area contributed by atoms with E-state index in [1.54, 1.807) is 9.80 Å². The molecule has 0 aliphatic carbocycles. The third-order valence-electron chi connectivity index (χ3n) is 4.11. The van der Waals surface area contributed by atoms with Gasteiger partial charge in [0, 0.05) is 37.4 Å². The number of amides is 3. The van der Waals surface area contributed by atoms with Gasteiger partial charge in [-0.3, -0.25) is 9.59 Å². The Morgan fingerprint density at radius 2 is 1.76 bits per heavy atom. The van der Waals surface area contributed by atoms with Gasteiger partial charge in [-0.1, -0.05) is 18.2 Å². The van der Waals surface area contributed by atoms with Crippen molar-refractivity contribution in [1.82, 2.24) is 15.1 Å². The lowest BCUT2D eigenvalue weighted by atomic mass is 10.2. The summed E-state index contributed by atoms with van der Waals surface area (Å²) < 4.78 is 1.09. The van der Waals surface area contributed by atoms with Crippen LogP contribution in [0.1, 0.15) is 16.1 Å². The van der Waals surface area contributed by atoms with Crippen molar-refractivity contribution >= 4 is 39.3 Å². The van der Waals surface area contributed by atoms with E-state index in [-0.39, 0.29) is 24.9 Å². The van der Waals surface area contributed by atoms with Crippen LogP contribution in [0.3, 0.4) is 0 Å². The highest BCUT2D eigenvalue weighted by atomic mass is 32.1. The summed E-state index contributed by atoms with van der Waals surface area (Å²) in [5.41, 5.74) is 0. The number of carboxylic acids is 1. The molecule has 0 atom stereocenters. The number of hydrogen-bond donors (Lipinski definition) is 2. The zero-order valence-corrected chi connectivity index (χ0v) is 14.4. The number of carboxylic acid groups (broad SMARTS) is 1. The molecule has 0 radical (unpaired) electrons. The molecule has 1 fully saturated rings. The number of rotatable bonds is 4. The molecule has 2 aromatic rings. The molecule has 3 rings (SSSR count). The zero-order valence-electron chi connectivity index (χ0n) is 13.6. The summed E-state index contributed by atoms with van der Waals surface area (Å²) in [5.74, 6) is -0.953. The molecule has 132 valence electrons. The van der Waals surface area contributed by atoms with Gasteiger partial charge >= 0.3 is 12.0 Å². The Kier molecular flexibility index (Phi) is 5.18. The molecule has 0 saturated carbocycles. The first-order valence-corrected chi connectivity index (χ1v) is 8.88. The number of hydrogen-bond acceptors (Lipinski definition) is 4. The second kappa shape index (κ2) is 7.52. The SMILES string of the molecule is O=C(O)CCNC(=O)N1CCN(C(=O)c2cc3ccccc3s2)CC1. The van der Waals surface area contributed by atoms with Crippen LogP contribution in [0.25, 0.3) is 10.1 Å². The van der Waals surface area contributed by atoms with E-state index >= 15 is 0 Å². The second-order valence-corrected chi connectivity index (χ2v) is 6.89. The monoisotopic (exact) mass is 361 g/mol. The molecule has 0 bridgehead atoms. The summed E-state index contributed by atoms with van der Waals surface area (Å²) in [4.78, 5) is 39.1. The fourth-order valence-corrected chi connectivity index (χ4v) is 3.77. The molecule has 1 aromatic carbocycles. The first-order valence-electron chi connectivity index (χ1n) is 8.07. The molecule has 2 heterocycles. The molecule has 3 amide bonds. The Morgan fingerprint density at radius 3 is 2.44 bits per heavy atom. The fraction of sp³-hybridized carbons (Fsp3) is 0.353. The number of nitrogens with zero attached hydrogens (tertiary/aromatic N) is 2. The lowest BCUT2D eigenvalue weighted by Crippen LogP contribution is -2.53. The van der Waals surface area contributed by atoms with Gasteiger partial charge in [0.05, 0.1) is 11.3 Å². The van der Waals surface area contributed by atoms with Crippen molar-refractivity contribution in [3.8, 4) is 0 Å². The smallest absolute Gasteiger partial charge is 0.317 e. The third kappa shape index (κ3) is 4.08. The lowest BCUT2D eigenvalue weighted by molar-refractivity contribution is -0.136. The number of urea groups is 1. The minimum absolute atomic E-state index is 0.00728. The first kappa shape index (κ1) is 17.2. The Morgan fingerprint density at radius 1 is 1.08 bits per heavy atom. The van der Waals surface area contributed by atoms with Crippen molar-refractivity contribution in [3.05, 3.63) is 35.2 Å². The number of fused-ring (bicyclic) bond motifs is 1. The van der Waals surface area contributed by atoms with Crippen molar-refractivity contribution in [3.63, 3.8) is 0 Å². The molecule has 2 N–H and O–H groups in total. The largest absolute Gasteiger partial charge is 0.481 e. The average Bonchev–Trinajstić information content (AvgIpc) is 3.05. The normalized spacial score (nSPS) is 14.6. The van der Waals surface area contributed by atoms with Gasteiger partial charge in [0.15, 0.2) is 0 Å². The zero-order chi connectivity index (χ0) is 17.8. The number of piperazine rings is 1. The summed E-state index contributed by atoms with van der Waals surface area (Å²) in [6, 6.07) is 9.51. The van der Waals surface area contributed by atoms with Crippen LogP contribution < -0.4 is 5.32 Å². The summed E-state index contributed by atoms with van der Waals surface area (Å²) in [6.45, 7) is 1.93. The quantitative estimate of drug-likeness (QED) is 0.870. The molecule has 1 saturated heterocycles. The van der Waals surface area contributed by atoms with Crippen LogP contribution in [0.5, 0.6) is 0 Å². The van der Waals surface area contributed by atoms with E-state index in [9.17, 15) is 14.4 Å². The predicted octanol–water partition coefficient (Wildman–Crippen LogP) is 1.84. The number of carbonyl (C=O) groups is 3. The third-order valence-corrected chi connectivity index (χ3v) is 5.21. The summed E-state index contributed by atoms with van der Waals surface area (Å²) in [7, 11) is 0. The molecule has 0 spiro atoms. The maximum Gasteiger partial charge on any atom is 0.317 e. The van der Waals surface area contributed by atoms with E-state index in [0.717, 1.165) is 10.1 Å². The van der Waals surface area contributed by atoms with Gasteiger partial charge < -0.3 is 20.2 Å². The topological polar surface area (TPSA) is 89.9 Å². The van der Waals surface area contributed by atoms with E-state index in [0.29, 0.717) is 31.1 Å². The van der Waals surface area contributed by atoms with Crippen LogP contribution in [-0.4, -0.2) is 65.5 Å². The molecule has 8 heteroatoms. The number of aliphatic carboxylic acids is 1. The fourth-order valence-electron chi connectivity index (χ4n) is 2.74. The van der Waals surface area contributed by atoms with Crippen molar-refractivity contribution in [2.75, 3.05) is 32.7 Å². The Bertz CT molecular complexity index is 763. The minimum Gasteiger partial charge on any atom is -0.481 e. The van der Waals surface area contributed by atoms with Crippen molar-refractivity contribution in [1.29, 1.82) is 0 Å². The molecule has 1 aliphatic heterocycles. The van der Waals surface area contributed by atoms with E-state index in [4.69, 9.17) is 5.11 Å². The van der Waals surface area contributed by atoms with E-state index in [1.165, 1.54) is 11.3 Å². The number of thiophene rings is 1. The van der Waals surface area contributed by atoms with Gasteiger partial charge in [-0.2, -0.15) is 0 Å².